The summed E-state index contributed by atoms with van der Waals surface area (Å²) in [6, 6.07) is 7.41. The van der Waals surface area contributed by atoms with Crippen LogP contribution < -0.4 is 10.2 Å². The third-order valence-electron chi connectivity index (χ3n) is 3.48. The van der Waals surface area contributed by atoms with Crippen LogP contribution in [0, 0.1) is 0 Å². The largest absolute Gasteiger partial charge is 0.497 e. The first-order valence-electron chi connectivity index (χ1n) is 6.51. The lowest BCUT2D eigenvalue weighted by Gasteiger charge is -2.45. The normalized spacial score (nSPS) is 17.7. The fourth-order valence-electron chi connectivity index (χ4n) is 2.41. The Morgan fingerprint density at radius 3 is 2.11 bits per heavy atom. The summed E-state index contributed by atoms with van der Waals surface area (Å²) in [4.78, 5) is 0. The maximum atomic E-state index is 10.1. The highest BCUT2D eigenvalue weighted by molar-refractivity contribution is 5.46. The first kappa shape index (κ1) is 15.8. The highest BCUT2D eigenvalue weighted by Gasteiger charge is 2.42. The summed E-state index contributed by atoms with van der Waals surface area (Å²) < 4.78 is 5.14. The molecule has 0 saturated heterocycles. The molecule has 2 atom stereocenters. The molecule has 19 heavy (non-hydrogen) atoms. The Labute approximate surface area is 115 Å². The second-order valence-electron chi connectivity index (χ2n) is 5.04. The number of methoxy groups -OCH3 is 1. The fraction of sp³-hybridized carbons (Fsp3) is 0.571. The lowest BCUT2D eigenvalue weighted by molar-refractivity contribution is -1.01. The van der Waals surface area contributed by atoms with Crippen LogP contribution >= 0.6 is 0 Å². The van der Waals surface area contributed by atoms with Crippen molar-refractivity contribution in [3.8, 4) is 5.75 Å². The Bertz CT molecular complexity index is 384. The number of aliphatic hydroxyl groups is 2. The highest BCUT2D eigenvalue weighted by Crippen LogP contribution is 2.26. The van der Waals surface area contributed by atoms with Gasteiger partial charge in [-0.1, -0.05) is 6.07 Å². The van der Waals surface area contributed by atoms with Crippen molar-refractivity contribution in [2.75, 3.05) is 12.5 Å². The predicted molar refractivity (Wildman–Crippen MR) is 75.4 cm³/mol. The minimum atomic E-state index is -0.758. The van der Waals surface area contributed by atoms with Gasteiger partial charge in [-0.05, 0) is 26.0 Å². The van der Waals surface area contributed by atoms with Gasteiger partial charge in [-0.15, -0.1) is 0 Å². The van der Waals surface area contributed by atoms with Gasteiger partial charge in [-0.2, -0.15) is 4.59 Å². The molecule has 108 valence electrons. The Morgan fingerprint density at radius 2 is 1.68 bits per heavy atom. The molecule has 5 heteroatoms. The highest BCUT2D eigenvalue weighted by atomic mass is 16.5. The molecule has 0 aliphatic heterocycles. The molecule has 2 unspecified atom stereocenters. The minimum absolute atomic E-state index is 0.00815. The van der Waals surface area contributed by atoms with E-state index in [0.717, 1.165) is 11.4 Å². The number of nitrogens with zero attached hydrogens (tertiary/aromatic N) is 1. The Morgan fingerprint density at radius 1 is 1.11 bits per heavy atom. The molecule has 1 aromatic carbocycles. The zero-order valence-electron chi connectivity index (χ0n) is 12.3. The maximum Gasteiger partial charge on any atom is 0.212 e. The second-order valence-corrected chi connectivity index (χ2v) is 5.04. The van der Waals surface area contributed by atoms with Crippen LogP contribution in [0.1, 0.15) is 27.7 Å². The molecule has 0 aromatic heterocycles. The van der Waals surface area contributed by atoms with E-state index in [1.165, 1.54) is 0 Å². The topological polar surface area (TPSA) is 61.7 Å². The van der Waals surface area contributed by atoms with Gasteiger partial charge in [0.15, 0.2) is 0 Å². The molecule has 0 aliphatic carbocycles. The molecule has 0 heterocycles. The molecule has 0 fully saturated rings. The summed E-state index contributed by atoms with van der Waals surface area (Å²) in [5.41, 5.74) is 4.01. The van der Waals surface area contributed by atoms with Crippen molar-refractivity contribution in [3.05, 3.63) is 24.3 Å². The van der Waals surface area contributed by atoms with Gasteiger partial charge >= 0.3 is 0 Å². The lowest BCUT2D eigenvalue weighted by atomic mass is 10.2. The molecule has 3 N–H and O–H groups in total. The standard InChI is InChI=1S/C14H25N2O3/c1-10(2)16(11(3)17,12(4)18)15-13-7-6-8-14(9-13)19-5/h6-12,15,17-18H,1-5H3/q+1. The van der Waals surface area contributed by atoms with E-state index in [0.29, 0.717) is 0 Å². The van der Waals surface area contributed by atoms with Crippen LogP contribution in [0.5, 0.6) is 5.75 Å². The second kappa shape index (κ2) is 6.23. The van der Waals surface area contributed by atoms with Crippen LogP contribution in [0.3, 0.4) is 0 Å². The number of benzene rings is 1. The summed E-state index contributed by atoms with van der Waals surface area (Å²) in [5, 5.41) is 20.2. The lowest BCUT2D eigenvalue weighted by Crippen LogP contribution is -2.66. The molecule has 1 aromatic rings. The van der Waals surface area contributed by atoms with Gasteiger partial charge in [-0.3, -0.25) is 0 Å². The molecule has 0 saturated carbocycles. The van der Waals surface area contributed by atoms with Crippen LogP contribution in [0.25, 0.3) is 0 Å². The Kier molecular flexibility index (Phi) is 5.17. The fourth-order valence-corrected chi connectivity index (χ4v) is 2.41. The summed E-state index contributed by atoms with van der Waals surface area (Å²) in [5.74, 6) is 0.725. The van der Waals surface area contributed by atoms with E-state index < -0.39 is 12.5 Å². The molecule has 0 amide bonds. The third kappa shape index (κ3) is 3.18. The molecule has 0 aliphatic rings. The van der Waals surface area contributed by atoms with Crippen molar-refractivity contribution < 1.29 is 19.5 Å². The van der Waals surface area contributed by atoms with E-state index >= 15 is 0 Å². The number of rotatable bonds is 6. The number of hydrogen-bond acceptors (Lipinski definition) is 4. The van der Waals surface area contributed by atoms with Gasteiger partial charge < -0.3 is 14.9 Å². The number of nitrogens with one attached hydrogen (secondary N) is 1. The van der Waals surface area contributed by atoms with Crippen LogP contribution in [0.2, 0.25) is 0 Å². The van der Waals surface area contributed by atoms with Crippen molar-refractivity contribution in [1.29, 1.82) is 0 Å². The van der Waals surface area contributed by atoms with E-state index in [9.17, 15) is 10.2 Å². The summed E-state index contributed by atoms with van der Waals surface area (Å²) in [6.45, 7) is 7.24. The van der Waals surface area contributed by atoms with Gasteiger partial charge in [0.1, 0.15) is 11.8 Å². The van der Waals surface area contributed by atoms with Crippen LogP contribution in [0.4, 0.5) is 5.69 Å². The molecule has 0 spiro atoms. The molecule has 5 nitrogen and oxygen atoms in total. The first-order valence-corrected chi connectivity index (χ1v) is 6.51. The average molecular weight is 269 g/mol. The van der Waals surface area contributed by atoms with Gasteiger partial charge in [0.25, 0.3) is 0 Å². The summed E-state index contributed by atoms with van der Waals surface area (Å²) in [7, 11) is 1.60. The molecule has 1 rings (SSSR count). The third-order valence-corrected chi connectivity index (χ3v) is 3.48. The van der Waals surface area contributed by atoms with E-state index in [2.05, 4.69) is 5.43 Å². The monoisotopic (exact) mass is 269 g/mol. The van der Waals surface area contributed by atoms with Crippen molar-refractivity contribution in [2.45, 2.75) is 46.2 Å². The first-order chi connectivity index (χ1) is 8.84. The number of ether oxygens (including phenoxy) is 1. The van der Waals surface area contributed by atoms with E-state index in [1.54, 1.807) is 21.0 Å². The smallest absolute Gasteiger partial charge is 0.212 e. The van der Waals surface area contributed by atoms with E-state index in [4.69, 9.17) is 4.74 Å². The van der Waals surface area contributed by atoms with Crippen LogP contribution in [-0.4, -0.2) is 40.4 Å². The zero-order chi connectivity index (χ0) is 14.6. The van der Waals surface area contributed by atoms with Crippen molar-refractivity contribution in [2.24, 2.45) is 0 Å². The Hall–Kier alpha value is -1.30. The van der Waals surface area contributed by atoms with E-state index in [-0.39, 0.29) is 10.6 Å². The van der Waals surface area contributed by atoms with E-state index in [1.807, 2.05) is 38.1 Å². The number of quaternary nitrogens is 1. The molecule has 0 bridgehead atoms. The van der Waals surface area contributed by atoms with Gasteiger partial charge in [-0.25, -0.2) is 5.43 Å². The van der Waals surface area contributed by atoms with Crippen molar-refractivity contribution >= 4 is 5.69 Å². The minimum Gasteiger partial charge on any atom is -0.497 e. The van der Waals surface area contributed by atoms with Crippen molar-refractivity contribution in [3.63, 3.8) is 0 Å². The molecular weight excluding hydrogens is 244 g/mol. The van der Waals surface area contributed by atoms with Gasteiger partial charge in [0, 0.05) is 19.9 Å². The summed E-state index contributed by atoms with van der Waals surface area (Å²) >= 11 is 0. The zero-order valence-corrected chi connectivity index (χ0v) is 12.3. The Balaban J connectivity index is 3.13. The summed E-state index contributed by atoms with van der Waals surface area (Å²) in [6.07, 6.45) is -1.52. The molecule has 0 radical (unpaired) electrons. The number of anilines is 1. The van der Waals surface area contributed by atoms with Crippen LogP contribution in [-0.2, 0) is 0 Å². The molecular formula is C14H25N2O3+. The quantitative estimate of drug-likeness (QED) is 0.419. The van der Waals surface area contributed by atoms with Gasteiger partial charge in [0.05, 0.1) is 12.8 Å². The number of aliphatic hydroxyl groups excluding tert-OH is 2. The van der Waals surface area contributed by atoms with Gasteiger partial charge in [0.2, 0.25) is 12.5 Å². The van der Waals surface area contributed by atoms with Crippen molar-refractivity contribution in [1.82, 2.24) is 0 Å². The number of hydrogen-bond donors (Lipinski definition) is 3. The SMILES string of the molecule is COc1cccc(N[N+](C(C)C)(C(C)O)C(C)O)c1. The predicted octanol–water partition coefficient (Wildman–Crippen LogP) is 1.92. The maximum absolute atomic E-state index is 10.1. The van der Waals surface area contributed by atoms with Crippen LogP contribution in [0.15, 0.2) is 24.3 Å². The average Bonchev–Trinajstić information content (AvgIpc) is 2.34.